The first-order chi connectivity index (χ1) is 8.96. The number of rotatable bonds is 8. The molecule has 1 aromatic rings. The standard InChI is InChI=1S/C13H21BrN2O2S/c1-3-15-9-4-5-10-19(17,18)16-12-8-6-7-11(2)13(12)14/h6-8,15-16H,3-5,9-10H2,1-2H3. The average molecular weight is 349 g/mol. The van der Waals surface area contributed by atoms with Crippen molar-refractivity contribution in [3.8, 4) is 0 Å². The molecule has 0 saturated carbocycles. The summed E-state index contributed by atoms with van der Waals surface area (Å²) in [5, 5.41) is 3.18. The number of nitrogens with one attached hydrogen (secondary N) is 2. The van der Waals surface area contributed by atoms with Crippen LogP contribution < -0.4 is 10.0 Å². The molecule has 2 N–H and O–H groups in total. The maximum atomic E-state index is 11.9. The highest BCUT2D eigenvalue weighted by molar-refractivity contribution is 9.10. The molecule has 0 aliphatic carbocycles. The largest absolute Gasteiger partial charge is 0.317 e. The van der Waals surface area contributed by atoms with E-state index in [4.69, 9.17) is 0 Å². The van der Waals surface area contributed by atoms with Crippen LogP contribution in [0.15, 0.2) is 22.7 Å². The van der Waals surface area contributed by atoms with Gasteiger partial charge in [0.15, 0.2) is 0 Å². The van der Waals surface area contributed by atoms with Crippen LogP contribution in [0.2, 0.25) is 0 Å². The van der Waals surface area contributed by atoms with Gasteiger partial charge in [-0.15, -0.1) is 0 Å². The van der Waals surface area contributed by atoms with Gasteiger partial charge in [0, 0.05) is 4.47 Å². The lowest BCUT2D eigenvalue weighted by molar-refractivity contribution is 0.593. The van der Waals surface area contributed by atoms with Crippen molar-refractivity contribution in [3.63, 3.8) is 0 Å². The van der Waals surface area contributed by atoms with Crippen molar-refractivity contribution in [1.82, 2.24) is 5.32 Å². The average Bonchev–Trinajstić information content (AvgIpc) is 2.34. The fourth-order valence-electron chi connectivity index (χ4n) is 1.66. The first-order valence-electron chi connectivity index (χ1n) is 6.42. The zero-order valence-electron chi connectivity index (χ0n) is 11.4. The van der Waals surface area contributed by atoms with E-state index in [0.717, 1.165) is 29.5 Å². The fourth-order valence-corrected chi connectivity index (χ4v) is 3.35. The summed E-state index contributed by atoms with van der Waals surface area (Å²) >= 11 is 3.40. The predicted octanol–water partition coefficient (Wildman–Crippen LogP) is 2.89. The second-order valence-electron chi connectivity index (χ2n) is 4.42. The van der Waals surface area contributed by atoms with Gasteiger partial charge >= 0.3 is 0 Å². The lowest BCUT2D eigenvalue weighted by atomic mass is 10.2. The predicted molar refractivity (Wildman–Crippen MR) is 84.1 cm³/mol. The molecule has 0 aromatic heterocycles. The summed E-state index contributed by atoms with van der Waals surface area (Å²) in [6.45, 7) is 5.74. The molecule has 0 amide bonds. The fraction of sp³-hybridized carbons (Fsp3) is 0.538. The van der Waals surface area contributed by atoms with E-state index in [1.807, 2.05) is 26.0 Å². The SMILES string of the molecule is CCNCCCCS(=O)(=O)Nc1cccc(C)c1Br. The Morgan fingerprint density at radius 2 is 2.00 bits per heavy atom. The number of sulfonamides is 1. The summed E-state index contributed by atoms with van der Waals surface area (Å²) in [6, 6.07) is 5.52. The van der Waals surface area contributed by atoms with Gasteiger partial charge in [-0.3, -0.25) is 4.72 Å². The second kappa shape index (κ2) is 7.87. The van der Waals surface area contributed by atoms with E-state index in [1.165, 1.54) is 0 Å². The molecule has 108 valence electrons. The minimum absolute atomic E-state index is 0.152. The molecule has 0 fully saturated rings. The van der Waals surface area contributed by atoms with E-state index in [2.05, 4.69) is 26.0 Å². The molecule has 0 spiro atoms. The lowest BCUT2D eigenvalue weighted by Gasteiger charge is -2.11. The van der Waals surface area contributed by atoms with Gasteiger partial charge in [-0.25, -0.2) is 8.42 Å². The molecule has 0 radical (unpaired) electrons. The van der Waals surface area contributed by atoms with Crippen molar-refractivity contribution in [3.05, 3.63) is 28.2 Å². The minimum Gasteiger partial charge on any atom is -0.317 e. The van der Waals surface area contributed by atoms with E-state index >= 15 is 0 Å². The van der Waals surface area contributed by atoms with Crippen LogP contribution in [0, 0.1) is 6.92 Å². The quantitative estimate of drug-likeness (QED) is 0.710. The van der Waals surface area contributed by atoms with Crippen LogP contribution in [0.3, 0.4) is 0 Å². The first kappa shape index (κ1) is 16.5. The minimum atomic E-state index is -3.27. The number of hydrogen-bond acceptors (Lipinski definition) is 3. The highest BCUT2D eigenvalue weighted by Gasteiger charge is 2.12. The Kier molecular flexibility index (Phi) is 6.82. The van der Waals surface area contributed by atoms with Crippen LogP contribution in [-0.4, -0.2) is 27.3 Å². The summed E-state index contributed by atoms with van der Waals surface area (Å²) in [6.07, 6.45) is 1.52. The number of hydrogen-bond donors (Lipinski definition) is 2. The van der Waals surface area contributed by atoms with Gasteiger partial charge in [0.25, 0.3) is 0 Å². The molecule has 4 nitrogen and oxygen atoms in total. The van der Waals surface area contributed by atoms with Crippen LogP contribution in [0.25, 0.3) is 0 Å². The topological polar surface area (TPSA) is 58.2 Å². The highest BCUT2D eigenvalue weighted by atomic mass is 79.9. The van der Waals surface area contributed by atoms with Gasteiger partial charge < -0.3 is 5.32 Å². The zero-order chi connectivity index (χ0) is 14.3. The van der Waals surface area contributed by atoms with Crippen LogP contribution >= 0.6 is 15.9 Å². The molecular formula is C13H21BrN2O2S. The van der Waals surface area contributed by atoms with Crippen LogP contribution in [-0.2, 0) is 10.0 Å². The third-order valence-electron chi connectivity index (χ3n) is 2.72. The van der Waals surface area contributed by atoms with Crippen molar-refractivity contribution in [1.29, 1.82) is 0 Å². The number of aryl methyl sites for hydroxylation is 1. The van der Waals surface area contributed by atoms with Crippen LogP contribution in [0.4, 0.5) is 5.69 Å². The van der Waals surface area contributed by atoms with Crippen molar-refractivity contribution in [2.75, 3.05) is 23.6 Å². The normalized spacial score (nSPS) is 11.5. The maximum absolute atomic E-state index is 11.9. The molecule has 1 aromatic carbocycles. The monoisotopic (exact) mass is 348 g/mol. The van der Waals surface area contributed by atoms with Gasteiger partial charge in [0.1, 0.15) is 0 Å². The van der Waals surface area contributed by atoms with Gasteiger partial charge in [0.05, 0.1) is 11.4 Å². The second-order valence-corrected chi connectivity index (χ2v) is 7.05. The van der Waals surface area contributed by atoms with E-state index in [-0.39, 0.29) is 5.75 Å². The van der Waals surface area contributed by atoms with Crippen molar-refractivity contribution in [2.24, 2.45) is 0 Å². The number of unbranched alkanes of at least 4 members (excludes halogenated alkanes) is 1. The van der Waals surface area contributed by atoms with E-state index in [9.17, 15) is 8.42 Å². The van der Waals surface area contributed by atoms with Gasteiger partial charge in [0.2, 0.25) is 10.0 Å². The van der Waals surface area contributed by atoms with Crippen LogP contribution in [0.5, 0.6) is 0 Å². The lowest BCUT2D eigenvalue weighted by Crippen LogP contribution is -2.19. The summed E-state index contributed by atoms with van der Waals surface area (Å²) in [7, 11) is -3.27. The molecule has 0 unspecified atom stereocenters. The Hall–Kier alpha value is -0.590. The molecule has 0 aliphatic heterocycles. The zero-order valence-corrected chi connectivity index (χ0v) is 13.8. The van der Waals surface area contributed by atoms with Crippen molar-refractivity contribution < 1.29 is 8.42 Å². The Labute approximate surface area is 124 Å². The van der Waals surface area contributed by atoms with Crippen molar-refractivity contribution in [2.45, 2.75) is 26.7 Å². The molecule has 0 aliphatic rings. The summed E-state index contributed by atoms with van der Waals surface area (Å²) in [4.78, 5) is 0. The molecule has 1 rings (SSSR count). The molecule has 0 heterocycles. The third kappa shape index (κ3) is 5.93. The molecule has 0 bridgehead atoms. The number of anilines is 1. The Bertz CT molecular complexity index is 503. The van der Waals surface area contributed by atoms with Gasteiger partial charge in [-0.05, 0) is 60.4 Å². The first-order valence-corrected chi connectivity index (χ1v) is 8.87. The van der Waals surface area contributed by atoms with Gasteiger partial charge in [-0.1, -0.05) is 19.1 Å². The summed E-state index contributed by atoms with van der Waals surface area (Å²) < 4.78 is 27.3. The third-order valence-corrected chi connectivity index (χ3v) is 5.13. The molecule has 6 heteroatoms. The summed E-state index contributed by atoms with van der Waals surface area (Å²) in [5.41, 5.74) is 1.61. The van der Waals surface area contributed by atoms with Crippen LogP contribution in [0.1, 0.15) is 25.3 Å². The molecule has 0 saturated heterocycles. The summed E-state index contributed by atoms with van der Waals surface area (Å²) in [5.74, 6) is 0.152. The van der Waals surface area contributed by atoms with E-state index in [1.54, 1.807) is 6.07 Å². The number of benzene rings is 1. The maximum Gasteiger partial charge on any atom is 0.232 e. The molecule has 19 heavy (non-hydrogen) atoms. The molecule has 0 atom stereocenters. The van der Waals surface area contributed by atoms with E-state index < -0.39 is 10.0 Å². The van der Waals surface area contributed by atoms with Crippen molar-refractivity contribution >= 4 is 31.6 Å². The Morgan fingerprint density at radius 1 is 1.26 bits per heavy atom. The Balaban J connectivity index is 2.52. The van der Waals surface area contributed by atoms with Gasteiger partial charge in [-0.2, -0.15) is 0 Å². The van der Waals surface area contributed by atoms with E-state index in [0.29, 0.717) is 12.1 Å². The molecular weight excluding hydrogens is 328 g/mol. The smallest absolute Gasteiger partial charge is 0.232 e. The Morgan fingerprint density at radius 3 is 2.68 bits per heavy atom. The number of halogens is 1. The highest BCUT2D eigenvalue weighted by Crippen LogP contribution is 2.26.